The highest BCUT2D eigenvalue weighted by atomic mass is 15.4. The Hall–Kier alpha value is -3.20. The fourth-order valence-electron chi connectivity index (χ4n) is 5.45. The van der Waals surface area contributed by atoms with E-state index < -0.39 is 0 Å². The van der Waals surface area contributed by atoms with Crippen molar-refractivity contribution in [2.45, 2.75) is 60.9 Å². The van der Waals surface area contributed by atoms with Gasteiger partial charge in [0.15, 0.2) is 0 Å². The van der Waals surface area contributed by atoms with E-state index in [0.717, 1.165) is 25.2 Å². The molecule has 0 saturated heterocycles. The van der Waals surface area contributed by atoms with Crippen LogP contribution in [0.3, 0.4) is 0 Å². The van der Waals surface area contributed by atoms with E-state index in [0.29, 0.717) is 11.8 Å². The van der Waals surface area contributed by atoms with E-state index >= 15 is 0 Å². The summed E-state index contributed by atoms with van der Waals surface area (Å²) in [6.45, 7) is 14.5. The van der Waals surface area contributed by atoms with Crippen molar-refractivity contribution < 1.29 is 4.57 Å². The summed E-state index contributed by atoms with van der Waals surface area (Å²) < 4.78 is 4.70. The van der Waals surface area contributed by atoms with Crippen LogP contribution in [0.25, 0.3) is 28.5 Å². The summed E-state index contributed by atoms with van der Waals surface area (Å²) in [5.41, 5.74) is 10.6. The summed E-state index contributed by atoms with van der Waals surface area (Å²) in [6.07, 6.45) is 2.10. The summed E-state index contributed by atoms with van der Waals surface area (Å²) in [7, 11) is 0. The van der Waals surface area contributed by atoms with Gasteiger partial charge < -0.3 is 0 Å². The monoisotopic (exact) mass is 450 g/mol. The molecule has 0 spiro atoms. The SMILES string of the molecule is Cc1cc(CC(C)C)c(-[n+]2c(-c3ccccc3C)nn3c2-c2ccccc2C3)c(CC(C)C)c1. The van der Waals surface area contributed by atoms with Crippen LogP contribution in [-0.2, 0) is 19.4 Å². The van der Waals surface area contributed by atoms with Crippen molar-refractivity contribution >= 4 is 0 Å². The second-order valence-electron chi connectivity index (χ2n) is 10.7. The summed E-state index contributed by atoms with van der Waals surface area (Å²) in [4.78, 5) is 0. The normalized spacial score (nSPS) is 12.5. The molecule has 0 bridgehead atoms. The second-order valence-corrected chi connectivity index (χ2v) is 10.7. The van der Waals surface area contributed by atoms with Crippen molar-refractivity contribution in [3.63, 3.8) is 0 Å². The van der Waals surface area contributed by atoms with Crippen LogP contribution in [0.4, 0.5) is 0 Å². The van der Waals surface area contributed by atoms with E-state index in [2.05, 4.69) is 111 Å². The molecule has 174 valence electrons. The van der Waals surface area contributed by atoms with Gasteiger partial charge in [-0.3, -0.25) is 0 Å². The van der Waals surface area contributed by atoms with E-state index in [1.165, 1.54) is 50.5 Å². The van der Waals surface area contributed by atoms with Gasteiger partial charge in [0.1, 0.15) is 12.2 Å². The zero-order valence-electron chi connectivity index (χ0n) is 21.4. The van der Waals surface area contributed by atoms with Crippen LogP contribution in [0.1, 0.15) is 55.5 Å². The van der Waals surface area contributed by atoms with Crippen LogP contribution < -0.4 is 4.57 Å². The fourth-order valence-corrected chi connectivity index (χ4v) is 5.45. The van der Waals surface area contributed by atoms with Crippen molar-refractivity contribution in [3.05, 3.63) is 88.5 Å². The van der Waals surface area contributed by atoms with Gasteiger partial charge in [0.25, 0.3) is 5.82 Å². The number of aryl methyl sites for hydroxylation is 2. The molecular formula is C31H36N3+. The molecule has 0 atom stereocenters. The Morgan fingerprint density at radius 3 is 2.03 bits per heavy atom. The van der Waals surface area contributed by atoms with Gasteiger partial charge in [0.2, 0.25) is 0 Å². The third-order valence-electron chi connectivity index (χ3n) is 6.74. The predicted octanol–water partition coefficient (Wildman–Crippen LogP) is 6.87. The number of hydrogen-bond acceptors (Lipinski definition) is 1. The third kappa shape index (κ3) is 3.98. The number of hydrogen-bond donors (Lipinski definition) is 0. The van der Waals surface area contributed by atoms with Crippen molar-refractivity contribution in [2.75, 3.05) is 0 Å². The van der Waals surface area contributed by atoms with Crippen LogP contribution in [-0.4, -0.2) is 9.78 Å². The zero-order chi connectivity index (χ0) is 24.0. The number of fused-ring (bicyclic) bond motifs is 3. The maximum Gasteiger partial charge on any atom is 0.314 e. The second kappa shape index (κ2) is 8.87. The van der Waals surface area contributed by atoms with Gasteiger partial charge in [-0.1, -0.05) is 81.8 Å². The smallest absolute Gasteiger partial charge is 0.189 e. The Kier molecular flexibility index (Phi) is 5.89. The molecule has 0 aliphatic carbocycles. The minimum Gasteiger partial charge on any atom is -0.189 e. The van der Waals surface area contributed by atoms with Crippen LogP contribution in [0, 0.1) is 25.7 Å². The van der Waals surface area contributed by atoms with Gasteiger partial charge in [-0.2, -0.15) is 4.57 Å². The molecule has 3 nitrogen and oxygen atoms in total. The Labute approximate surface area is 204 Å². The predicted molar refractivity (Wildman–Crippen MR) is 140 cm³/mol. The molecule has 2 heterocycles. The number of benzene rings is 3. The van der Waals surface area contributed by atoms with Crippen molar-refractivity contribution in [1.29, 1.82) is 0 Å². The molecule has 1 aromatic heterocycles. The van der Waals surface area contributed by atoms with E-state index in [-0.39, 0.29) is 0 Å². The molecule has 3 heteroatoms. The Balaban J connectivity index is 1.89. The lowest BCUT2D eigenvalue weighted by molar-refractivity contribution is -0.573. The first-order chi connectivity index (χ1) is 16.3. The first-order valence-electron chi connectivity index (χ1n) is 12.6. The molecule has 1 aliphatic heterocycles. The average Bonchev–Trinajstić information content (AvgIpc) is 3.29. The highest BCUT2D eigenvalue weighted by Gasteiger charge is 2.37. The lowest BCUT2D eigenvalue weighted by Crippen LogP contribution is -2.37. The minimum absolute atomic E-state index is 0.575. The van der Waals surface area contributed by atoms with Crippen LogP contribution in [0.15, 0.2) is 60.7 Å². The number of nitrogens with zero attached hydrogens (tertiary/aromatic N) is 3. The molecular weight excluding hydrogens is 414 g/mol. The van der Waals surface area contributed by atoms with Crippen molar-refractivity contribution in [2.24, 2.45) is 11.8 Å². The van der Waals surface area contributed by atoms with E-state index in [4.69, 9.17) is 5.10 Å². The first-order valence-corrected chi connectivity index (χ1v) is 12.6. The average molecular weight is 451 g/mol. The van der Waals surface area contributed by atoms with Crippen LogP contribution >= 0.6 is 0 Å². The topological polar surface area (TPSA) is 21.7 Å². The molecule has 4 aromatic rings. The highest BCUT2D eigenvalue weighted by Crippen LogP contribution is 2.35. The molecule has 0 amide bonds. The highest BCUT2D eigenvalue weighted by molar-refractivity contribution is 5.66. The van der Waals surface area contributed by atoms with E-state index in [1.54, 1.807) is 0 Å². The van der Waals surface area contributed by atoms with E-state index in [9.17, 15) is 0 Å². The lowest BCUT2D eigenvalue weighted by atomic mass is 9.91. The maximum atomic E-state index is 5.26. The molecule has 5 rings (SSSR count). The summed E-state index contributed by atoms with van der Waals surface area (Å²) in [6, 6.07) is 22.2. The van der Waals surface area contributed by atoms with Gasteiger partial charge in [-0.05, 0) is 67.3 Å². The first kappa shape index (κ1) is 22.6. The van der Waals surface area contributed by atoms with Gasteiger partial charge >= 0.3 is 5.82 Å². The van der Waals surface area contributed by atoms with Gasteiger partial charge in [-0.25, -0.2) is 0 Å². The maximum absolute atomic E-state index is 5.26. The molecule has 0 saturated carbocycles. The fraction of sp³-hybridized carbons (Fsp3) is 0.355. The Morgan fingerprint density at radius 1 is 0.824 bits per heavy atom. The summed E-state index contributed by atoms with van der Waals surface area (Å²) in [5, 5.41) is 5.26. The molecule has 0 N–H and O–H groups in total. The van der Waals surface area contributed by atoms with Gasteiger partial charge in [0, 0.05) is 10.7 Å². The van der Waals surface area contributed by atoms with Crippen molar-refractivity contribution in [3.8, 4) is 28.5 Å². The number of aromatic nitrogens is 3. The summed E-state index contributed by atoms with van der Waals surface area (Å²) in [5.74, 6) is 3.39. The molecule has 0 fully saturated rings. The lowest BCUT2D eigenvalue weighted by Gasteiger charge is -2.19. The van der Waals surface area contributed by atoms with E-state index in [1.807, 2.05) is 0 Å². The van der Waals surface area contributed by atoms with Crippen molar-refractivity contribution in [1.82, 2.24) is 9.78 Å². The summed E-state index contributed by atoms with van der Waals surface area (Å²) >= 11 is 0. The van der Waals surface area contributed by atoms with Gasteiger partial charge in [-0.15, -0.1) is 4.68 Å². The largest absolute Gasteiger partial charge is 0.314 e. The molecule has 1 aliphatic rings. The zero-order valence-corrected chi connectivity index (χ0v) is 21.4. The number of rotatable bonds is 6. The molecule has 0 radical (unpaired) electrons. The Bertz CT molecular complexity index is 1330. The van der Waals surface area contributed by atoms with Crippen LogP contribution in [0.5, 0.6) is 0 Å². The minimum atomic E-state index is 0.575. The Morgan fingerprint density at radius 2 is 1.41 bits per heavy atom. The standard InChI is InChI=1S/C31H36N3/c1-20(2)15-25-17-22(5)18-26(16-21(3)4)29(25)34-30(27-13-9-7-11-23(27)6)32-33-19-24-12-8-10-14-28(24)31(33)34/h7-14,17-18,20-21H,15-16,19H2,1-6H3/q+1. The molecule has 3 aromatic carbocycles. The third-order valence-corrected chi connectivity index (χ3v) is 6.74. The molecule has 0 unspecified atom stereocenters. The van der Waals surface area contributed by atoms with Crippen LogP contribution in [0.2, 0.25) is 0 Å². The quantitative estimate of drug-likeness (QED) is 0.259. The van der Waals surface area contributed by atoms with Gasteiger partial charge in [0.05, 0.1) is 11.1 Å². The molecule has 34 heavy (non-hydrogen) atoms.